The summed E-state index contributed by atoms with van der Waals surface area (Å²) in [5.41, 5.74) is 1.82. The predicted octanol–water partition coefficient (Wildman–Crippen LogP) is 5.26. The number of alkyl carbamates (subject to hydrolysis) is 1. The van der Waals surface area contributed by atoms with E-state index in [1.54, 1.807) is 7.11 Å². The van der Waals surface area contributed by atoms with Gasteiger partial charge < -0.3 is 14.8 Å². The molecule has 0 saturated carbocycles. The summed E-state index contributed by atoms with van der Waals surface area (Å²) in [7, 11) is 1.68. The number of benzene rings is 1. The summed E-state index contributed by atoms with van der Waals surface area (Å²) in [6.07, 6.45) is 3.62. The standard InChI is InChI=1S/C19H30BrNO3/c1-7-8-9-14-12-17(23-6)15(11-16(14)20)10-13(2)21-18(22)24-19(3,4)5/h11-13H,7-10H2,1-6H3,(H,21,22). The van der Waals surface area contributed by atoms with Crippen molar-refractivity contribution in [2.75, 3.05) is 7.11 Å². The molecule has 1 rings (SSSR count). The van der Waals surface area contributed by atoms with E-state index in [2.05, 4.69) is 40.3 Å². The van der Waals surface area contributed by atoms with E-state index in [-0.39, 0.29) is 6.04 Å². The second-order valence-corrected chi connectivity index (χ2v) is 7.96. The van der Waals surface area contributed by atoms with Gasteiger partial charge >= 0.3 is 6.09 Å². The van der Waals surface area contributed by atoms with Gasteiger partial charge in [-0.15, -0.1) is 0 Å². The molecule has 0 heterocycles. The van der Waals surface area contributed by atoms with Crippen molar-refractivity contribution in [3.8, 4) is 5.75 Å². The number of unbranched alkanes of at least 4 members (excludes halogenated alkanes) is 1. The number of hydrogen-bond donors (Lipinski definition) is 1. The van der Waals surface area contributed by atoms with Crippen LogP contribution < -0.4 is 10.1 Å². The van der Waals surface area contributed by atoms with Gasteiger partial charge in [0.25, 0.3) is 0 Å². The van der Waals surface area contributed by atoms with Crippen molar-refractivity contribution in [1.82, 2.24) is 5.32 Å². The first-order valence-electron chi connectivity index (χ1n) is 8.51. The number of aryl methyl sites for hydroxylation is 1. The number of rotatable bonds is 7. The normalized spacial score (nSPS) is 12.6. The molecular weight excluding hydrogens is 370 g/mol. The quantitative estimate of drug-likeness (QED) is 0.680. The van der Waals surface area contributed by atoms with Crippen LogP contribution in [0.3, 0.4) is 0 Å². The van der Waals surface area contributed by atoms with Crippen LogP contribution in [0, 0.1) is 0 Å². The average Bonchev–Trinajstić information content (AvgIpc) is 2.44. The minimum absolute atomic E-state index is 0.0536. The van der Waals surface area contributed by atoms with Crippen LogP contribution in [-0.2, 0) is 17.6 Å². The van der Waals surface area contributed by atoms with Crippen molar-refractivity contribution in [1.29, 1.82) is 0 Å². The highest BCUT2D eigenvalue weighted by atomic mass is 79.9. The first kappa shape index (κ1) is 20.8. The van der Waals surface area contributed by atoms with Crippen LogP contribution in [0.1, 0.15) is 58.6 Å². The van der Waals surface area contributed by atoms with Crippen LogP contribution >= 0.6 is 15.9 Å². The summed E-state index contributed by atoms with van der Waals surface area (Å²) in [4.78, 5) is 11.9. The monoisotopic (exact) mass is 399 g/mol. The van der Waals surface area contributed by atoms with Crippen molar-refractivity contribution in [3.63, 3.8) is 0 Å². The van der Waals surface area contributed by atoms with E-state index in [9.17, 15) is 4.79 Å². The Morgan fingerprint density at radius 1 is 1.29 bits per heavy atom. The molecule has 0 aromatic heterocycles. The van der Waals surface area contributed by atoms with Gasteiger partial charge in [0.1, 0.15) is 11.4 Å². The fourth-order valence-corrected chi connectivity index (χ4v) is 3.02. The Morgan fingerprint density at radius 3 is 2.50 bits per heavy atom. The molecule has 1 atom stereocenters. The Bertz CT molecular complexity index is 552. The summed E-state index contributed by atoms with van der Waals surface area (Å²) in [5.74, 6) is 0.863. The summed E-state index contributed by atoms with van der Waals surface area (Å²) >= 11 is 3.65. The molecule has 0 radical (unpaired) electrons. The van der Waals surface area contributed by atoms with Crippen LogP contribution in [0.5, 0.6) is 5.75 Å². The lowest BCUT2D eigenvalue weighted by Crippen LogP contribution is -2.38. The topological polar surface area (TPSA) is 47.6 Å². The molecule has 136 valence electrons. The van der Waals surface area contributed by atoms with E-state index in [4.69, 9.17) is 9.47 Å². The van der Waals surface area contributed by atoms with Gasteiger partial charge in [-0.05, 0) is 70.2 Å². The fraction of sp³-hybridized carbons (Fsp3) is 0.632. The number of halogens is 1. The van der Waals surface area contributed by atoms with Crippen molar-refractivity contribution in [2.45, 2.75) is 71.9 Å². The predicted molar refractivity (Wildman–Crippen MR) is 102 cm³/mol. The molecule has 5 heteroatoms. The van der Waals surface area contributed by atoms with Gasteiger partial charge in [-0.25, -0.2) is 4.79 Å². The SMILES string of the molecule is CCCCc1cc(OC)c(CC(C)NC(=O)OC(C)(C)C)cc1Br. The Hall–Kier alpha value is -1.23. The van der Waals surface area contributed by atoms with Gasteiger partial charge in [0, 0.05) is 10.5 Å². The minimum atomic E-state index is -0.495. The zero-order valence-corrected chi connectivity index (χ0v) is 17.2. The number of ether oxygens (including phenoxy) is 2. The molecule has 1 aromatic carbocycles. The number of methoxy groups -OCH3 is 1. The zero-order chi connectivity index (χ0) is 18.3. The number of hydrogen-bond acceptors (Lipinski definition) is 3. The largest absolute Gasteiger partial charge is 0.496 e. The molecule has 0 aliphatic rings. The third-order valence-electron chi connectivity index (χ3n) is 3.54. The molecule has 0 aliphatic carbocycles. The van der Waals surface area contributed by atoms with Gasteiger partial charge in [-0.3, -0.25) is 0 Å². The van der Waals surface area contributed by atoms with Gasteiger partial charge in [-0.1, -0.05) is 29.3 Å². The number of carbonyl (C=O) groups excluding carboxylic acids is 1. The van der Waals surface area contributed by atoms with Crippen LogP contribution in [-0.4, -0.2) is 24.8 Å². The summed E-state index contributed by atoms with van der Waals surface area (Å²) in [5, 5.41) is 2.87. The van der Waals surface area contributed by atoms with Crippen LogP contribution in [0.4, 0.5) is 4.79 Å². The maximum atomic E-state index is 11.9. The molecule has 24 heavy (non-hydrogen) atoms. The minimum Gasteiger partial charge on any atom is -0.496 e. The highest BCUT2D eigenvalue weighted by molar-refractivity contribution is 9.10. The summed E-state index contributed by atoms with van der Waals surface area (Å²) in [6, 6.07) is 4.13. The van der Waals surface area contributed by atoms with Crippen molar-refractivity contribution in [3.05, 3.63) is 27.7 Å². The molecule has 0 fully saturated rings. The summed E-state index contributed by atoms with van der Waals surface area (Å²) in [6.45, 7) is 9.71. The fourth-order valence-electron chi connectivity index (χ4n) is 2.43. The molecule has 0 saturated heterocycles. The lowest BCUT2D eigenvalue weighted by molar-refractivity contribution is 0.0508. The van der Waals surface area contributed by atoms with E-state index in [1.807, 2.05) is 27.7 Å². The van der Waals surface area contributed by atoms with E-state index >= 15 is 0 Å². The zero-order valence-electron chi connectivity index (χ0n) is 15.7. The molecule has 4 nitrogen and oxygen atoms in total. The smallest absolute Gasteiger partial charge is 0.407 e. The molecule has 1 aromatic rings. The maximum absolute atomic E-state index is 11.9. The van der Waals surface area contributed by atoms with Crippen LogP contribution in [0.25, 0.3) is 0 Å². The van der Waals surface area contributed by atoms with Gasteiger partial charge in [0.2, 0.25) is 0 Å². The third-order valence-corrected chi connectivity index (χ3v) is 4.28. The average molecular weight is 400 g/mol. The van der Waals surface area contributed by atoms with E-state index in [0.717, 1.165) is 35.0 Å². The van der Waals surface area contributed by atoms with Crippen molar-refractivity contribution >= 4 is 22.0 Å². The van der Waals surface area contributed by atoms with Crippen LogP contribution in [0.15, 0.2) is 16.6 Å². The highest BCUT2D eigenvalue weighted by Gasteiger charge is 2.19. The highest BCUT2D eigenvalue weighted by Crippen LogP contribution is 2.29. The second kappa shape index (κ2) is 9.30. The van der Waals surface area contributed by atoms with E-state index in [0.29, 0.717) is 6.42 Å². The Morgan fingerprint density at radius 2 is 1.96 bits per heavy atom. The third kappa shape index (κ3) is 7.12. The first-order valence-corrected chi connectivity index (χ1v) is 9.30. The van der Waals surface area contributed by atoms with Gasteiger partial charge in [-0.2, -0.15) is 0 Å². The molecule has 1 amide bonds. The molecule has 0 spiro atoms. The molecule has 1 unspecified atom stereocenters. The van der Waals surface area contributed by atoms with Crippen LogP contribution in [0.2, 0.25) is 0 Å². The maximum Gasteiger partial charge on any atom is 0.407 e. The molecule has 0 aliphatic heterocycles. The number of nitrogens with one attached hydrogen (secondary N) is 1. The second-order valence-electron chi connectivity index (χ2n) is 7.11. The molecule has 0 bridgehead atoms. The lowest BCUT2D eigenvalue weighted by atomic mass is 10.0. The van der Waals surface area contributed by atoms with Gasteiger partial charge in [0.15, 0.2) is 0 Å². The summed E-state index contributed by atoms with van der Waals surface area (Å²) < 4.78 is 11.9. The molecule has 1 N–H and O–H groups in total. The van der Waals surface area contributed by atoms with E-state index in [1.165, 1.54) is 5.56 Å². The molecular formula is C19H30BrNO3. The lowest BCUT2D eigenvalue weighted by Gasteiger charge is -2.22. The number of amides is 1. The Balaban J connectivity index is 2.79. The number of carbonyl (C=O) groups is 1. The van der Waals surface area contributed by atoms with Gasteiger partial charge in [0.05, 0.1) is 7.11 Å². The van der Waals surface area contributed by atoms with Crippen molar-refractivity contribution < 1.29 is 14.3 Å². The Labute approximate surface area is 154 Å². The van der Waals surface area contributed by atoms with Crippen molar-refractivity contribution in [2.24, 2.45) is 0 Å². The van der Waals surface area contributed by atoms with E-state index < -0.39 is 11.7 Å². The first-order chi connectivity index (χ1) is 11.2. The Kier molecular flexibility index (Phi) is 8.07.